The zero-order valence-corrected chi connectivity index (χ0v) is 22.1. The molecule has 0 heterocycles. The summed E-state index contributed by atoms with van der Waals surface area (Å²) in [4.78, 5) is 2.57. The van der Waals surface area contributed by atoms with Gasteiger partial charge < -0.3 is 10.2 Å². The van der Waals surface area contributed by atoms with E-state index in [-0.39, 0.29) is 0 Å². The first-order chi connectivity index (χ1) is 17.1. The first-order valence-electron chi connectivity index (χ1n) is 13.1. The van der Waals surface area contributed by atoms with Crippen LogP contribution in [0, 0.1) is 13.8 Å². The Bertz CT molecular complexity index is 1080. The first-order valence-corrected chi connectivity index (χ1v) is 13.1. The molecular formula is C33H42N2. The van der Waals surface area contributed by atoms with Crippen molar-refractivity contribution < 1.29 is 0 Å². The summed E-state index contributed by atoms with van der Waals surface area (Å²) in [6.07, 6.45) is 11.1. The van der Waals surface area contributed by atoms with E-state index in [0.29, 0.717) is 0 Å². The highest BCUT2D eigenvalue weighted by Crippen LogP contribution is 2.17. The van der Waals surface area contributed by atoms with Gasteiger partial charge >= 0.3 is 0 Å². The second kappa shape index (κ2) is 14.5. The van der Waals surface area contributed by atoms with Gasteiger partial charge in [-0.15, -0.1) is 0 Å². The maximum atomic E-state index is 3.44. The Morgan fingerprint density at radius 1 is 0.686 bits per heavy atom. The van der Waals surface area contributed by atoms with Crippen molar-refractivity contribution in [1.29, 1.82) is 0 Å². The third-order valence-corrected chi connectivity index (χ3v) is 6.39. The quantitative estimate of drug-likeness (QED) is 0.207. The SMILES string of the molecule is CCCN(CCNCC)CCc1ccc(/C=C/c2ccc(/C=C/c3ccc(C)cc3)c(C)c2)cc1. The van der Waals surface area contributed by atoms with E-state index >= 15 is 0 Å². The van der Waals surface area contributed by atoms with E-state index in [4.69, 9.17) is 0 Å². The summed E-state index contributed by atoms with van der Waals surface area (Å²) < 4.78 is 0. The van der Waals surface area contributed by atoms with Crippen LogP contribution in [0.1, 0.15) is 59.2 Å². The number of likely N-dealkylation sites (N-methyl/N-ethyl adjacent to an activating group) is 1. The zero-order valence-electron chi connectivity index (χ0n) is 22.1. The number of benzene rings is 3. The highest BCUT2D eigenvalue weighted by molar-refractivity contribution is 5.74. The van der Waals surface area contributed by atoms with Crippen molar-refractivity contribution in [1.82, 2.24) is 10.2 Å². The number of nitrogens with zero attached hydrogens (tertiary/aromatic N) is 1. The molecule has 0 amide bonds. The Labute approximate surface area is 213 Å². The molecule has 184 valence electrons. The topological polar surface area (TPSA) is 15.3 Å². The van der Waals surface area contributed by atoms with Gasteiger partial charge in [0.1, 0.15) is 0 Å². The van der Waals surface area contributed by atoms with Crippen LogP contribution in [-0.2, 0) is 6.42 Å². The highest BCUT2D eigenvalue weighted by Gasteiger charge is 2.04. The van der Waals surface area contributed by atoms with Crippen LogP contribution >= 0.6 is 0 Å². The maximum Gasteiger partial charge on any atom is 0.0107 e. The predicted octanol–water partition coefficient (Wildman–Crippen LogP) is 7.51. The number of nitrogens with one attached hydrogen (secondary N) is 1. The van der Waals surface area contributed by atoms with E-state index in [1.165, 1.54) is 51.9 Å². The molecule has 3 aromatic rings. The van der Waals surface area contributed by atoms with Crippen molar-refractivity contribution in [2.24, 2.45) is 0 Å². The standard InChI is InChI=1S/C33H42N2/c1-5-23-35(25-22-34-6-2)24-21-31-13-11-30(12-14-31)15-16-32-18-20-33(28(4)26-32)19-17-29-9-7-27(3)8-10-29/h7-20,26,34H,5-6,21-25H2,1-4H3/b16-15+,19-17+. The Kier molecular flexibility index (Phi) is 11.0. The van der Waals surface area contributed by atoms with E-state index in [9.17, 15) is 0 Å². The summed E-state index contributed by atoms with van der Waals surface area (Å²) in [5, 5.41) is 3.44. The van der Waals surface area contributed by atoms with E-state index in [1.807, 2.05) is 0 Å². The van der Waals surface area contributed by atoms with Crippen LogP contribution in [0.5, 0.6) is 0 Å². The minimum atomic E-state index is 1.05. The molecule has 0 aliphatic heterocycles. The molecule has 2 nitrogen and oxygen atoms in total. The van der Waals surface area contributed by atoms with E-state index in [0.717, 1.165) is 32.6 Å². The van der Waals surface area contributed by atoms with Gasteiger partial charge in [-0.3, -0.25) is 0 Å². The summed E-state index contributed by atoms with van der Waals surface area (Å²) in [5.41, 5.74) is 8.95. The van der Waals surface area contributed by atoms with Gasteiger partial charge in [0.15, 0.2) is 0 Å². The van der Waals surface area contributed by atoms with E-state index in [1.54, 1.807) is 0 Å². The first kappa shape index (κ1) is 26.7. The molecule has 1 N–H and O–H groups in total. The zero-order chi connectivity index (χ0) is 24.9. The predicted molar refractivity (Wildman–Crippen MR) is 156 cm³/mol. The van der Waals surface area contributed by atoms with E-state index in [2.05, 4.69) is 129 Å². The molecule has 3 aromatic carbocycles. The molecule has 0 fully saturated rings. The van der Waals surface area contributed by atoms with Gasteiger partial charge in [0, 0.05) is 19.6 Å². The Balaban J connectivity index is 1.54. The number of aryl methyl sites for hydroxylation is 2. The molecule has 0 aromatic heterocycles. The maximum absolute atomic E-state index is 3.44. The fraction of sp³-hybridized carbons (Fsp3) is 0.333. The molecular weight excluding hydrogens is 424 g/mol. The average Bonchev–Trinajstić information content (AvgIpc) is 2.87. The minimum Gasteiger partial charge on any atom is -0.316 e. The van der Waals surface area contributed by atoms with Crippen LogP contribution in [0.25, 0.3) is 24.3 Å². The van der Waals surface area contributed by atoms with Gasteiger partial charge in [0.05, 0.1) is 0 Å². The molecule has 0 atom stereocenters. The van der Waals surface area contributed by atoms with Crippen LogP contribution in [0.4, 0.5) is 0 Å². The van der Waals surface area contributed by atoms with Gasteiger partial charge in [-0.05, 0) is 73.2 Å². The molecule has 0 unspecified atom stereocenters. The lowest BCUT2D eigenvalue weighted by Crippen LogP contribution is -2.34. The molecule has 0 bridgehead atoms. The van der Waals surface area contributed by atoms with Gasteiger partial charge in [0.25, 0.3) is 0 Å². The Morgan fingerprint density at radius 3 is 1.97 bits per heavy atom. The summed E-state index contributed by atoms with van der Waals surface area (Å²) in [6, 6.07) is 24.3. The van der Waals surface area contributed by atoms with Crippen LogP contribution in [-0.4, -0.2) is 37.6 Å². The lowest BCUT2D eigenvalue weighted by atomic mass is 10.0. The number of rotatable bonds is 13. The Morgan fingerprint density at radius 2 is 1.31 bits per heavy atom. The third-order valence-electron chi connectivity index (χ3n) is 6.39. The summed E-state index contributed by atoms with van der Waals surface area (Å²) >= 11 is 0. The molecule has 0 radical (unpaired) electrons. The smallest absolute Gasteiger partial charge is 0.0107 e. The monoisotopic (exact) mass is 466 g/mol. The van der Waals surface area contributed by atoms with Gasteiger partial charge in [-0.25, -0.2) is 0 Å². The molecule has 0 aliphatic carbocycles. The van der Waals surface area contributed by atoms with E-state index < -0.39 is 0 Å². The van der Waals surface area contributed by atoms with Gasteiger partial charge in [-0.1, -0.05) is 110 Å². The fourth-order valence-corrected chi connectivity index (χ4v) is 4.19. The number of hydrogen-bond donors (Lipinski definition) is 1. The Hall–Kier alpha value is -2.94. The van der Waals surface area contributed by atoms with Gasteiger partial charge in [-0.2, -0.15) is 0 Å². The molecule has 0 spiro atoms. The molecule has 0 saturated heterocycles. The highest BCUT2D eigenvalue weighted by atomic mass is 15.1. The van der Waals surface area contributed by atoms with Crippen molar-refractivity contribution in [3.05, 3.63) is 106 Å². The van der Waals surface area contributed by atoms with Crippen molar-refractivity contribution in [3.8, 4) is 0 Å². The van der Waals surface area contributed by atoms with Gasteiger partial charge in [0.2, 0.25) is 0 Å². The summed E-state index contributed by atoms with van der Waals surface area (Å²) in [7, 11) is 0. The average molecular weight is 467 g/mol. The van der Waals surface area contributed by atoms with Crippen molar-refractivity contribution in [2.45, 2.75) is 40.5 Å². The normalized spacial score (nSPS) is 11.8. The minimum absolute atomic E-state index is 1.05. The van der Waals surface area contributed by atoms with Crippen LogP contribution < -0.4 is 5.32 Å². The lowest BCUT2D eigenvalue weighted by molar-refractivity contribution is 0.277. The molecule has 0 aliphatic rings. The molecule has 0 saturated carbocycles. The number of hydrogen-bond acceptors (Lipinski definition) is 2. The molecule has 3 rings (SSSR count). The fourth-order valence-electron chi connectivity index (χ4n) is 4.19. The van der Waals surface area contributed by atoms with Crippen molar-refractivity contribution in [3.63, 3.8) is 0 Å². The van der Waals surface area contributed by atoms with Crippen LogP contribution in [0.3, 0.4) is 0 Å². The largest absolute Gasteiger partial charge is 0.316 e. The summed E-state index contributed by atoms with van der Waals surface area (Å²) in [6.45, 7) is 14.3. The van der Waals surface area contributed by atoms with Crippen molar-refractivity contribution in [2.75, 3.05) is 32.7 Å². The second-order valence-corrected chi connectivity index (χ2v) is 9.38. The molecule has 35 heavy (non-hydrogen) atoms. The summed E-state index contributed by atoms with van der Waals surface area (Å²) in [5.74, 6) is 0. The van der Waals surface area contributed by atoms with Crippen molar-refractivity contribution >= 4 is 24.3 Å². The van der Waals surface area contributed by atoms with Crippen LogP contribution in [0.15, 0.2) is 66.7 Å². The second-order valence-electron chi connectivity index (χ2n) is 9.38. The molecule has 2 heteroatoms. The third kappa shape index (κ3) is 9.32. The lowest BCUT2D eigenvalue weighted by Gasteiger charge is -2.21. The van der Waals surface area contributed by atoms with Crippen LogP contribution in [0.2, 0.25) is 0 Å².